The van der Waals surface area contributed by atoms with Crippen LogP contribution in [0.4, 0.5) is 5.69 Å². The Balaban J connectivity index is 2.15. The first kappa shape index (κ1) is 18.0. The van der Waals surface area contributed by atoms with Crippen molar-refractivity contribution in [1.29, 1.82) is 0 Å². The minimum Gasteiger partial charge on any atom is -0.503 e. The average molecular weight is 353 g/mol. The van der Waals surface area contributed by atoms with Gasteiger partial charge in [0.1, 0.15) is 11.8 Å². The second-order valence-electron chi connectivity index (χ2n) is 7.17. The number of carbonyl (C=O) groups excluding carboxylic acids is 2. The first-order valence-electron chi connectivity index (χ1n) is 8.71. The molecule has 2 heterocycles. The molecule has 2 aromatic rings. The molecular formula is C21H23NO4. The van der Waals surface area contributed by atoms with Gasteiger partial charge in [-0.3, -0.25) is 14.5 Å². The summed E-state index contributed by atoms with van der Waals surface area (Å²) in [7, 11) is 0. The van der Waals surface area contributed by atoms with Gasteiger partial charge in [0.25, 0.3) is 5.91 Å². The molecule has 1 aliphatic heterocycles. The predicted molar refractivity (Wildman–Crippen MR) is 99.0 cm³/mol. The van der Waals surface area contributed by atoms with E-state index in [0.29, 0.717) is 11.4 Å². The maximum absolute atomic E-state index is 12.9. The van der Waals surface area contributed by atoms with Crippen molar-refractivity contribution >= 4 is 17.4 Å². The fourth-order valence-corrected chi connectivity index (χ4v) is 3.31. The van der Waals surface area contributed by atoms with Crippen molar-refractivity contribution in [3.63, 3.8) is 0 Å². The number of nitrogens with zero attached hydrogens (tertiary/aromatic N) is 1. The Morgan fingerprint density at radius 2 is 2.00 bits per heavy atom. The topological polar surface area (TPSA) is 70.8 Å². The van der Waals surface area contributed by atoms with Crippen molar-refractivity contribution < 1.29 is 19.1 Å². The van der Waals surface area contributed by atoms with Crippen molar-refractivity contribution in [2.24, 2.45) is 5.92 Å². The number of hydrogen-bond acceptors (Lipinski definition) is 4. The van der Waals surface area contributed by atoms with Gasteiger partial charge in [0.05, 0.1) is 11.8 Å². The monoisotopic (exact) mass is 353 g/mol. The Hall–Kier alpha value is -2.82. The summed E-state index contributed by atoms with van der Waals surface area (Å²) in [6, 6.07) is 8.43. The highest BCUT2D eigenvalue weighted by atomic mass is 16.3. The SMILES string of the molecule is Cc1ccc(C)c(N2C(=O)C(O)=C(C(=O)CC(C)C)C2c2ccco2)c1. The zero-order chi connectivity index (χ0) is 19.0. The number of ketones is 1. The lowest BCUT2D eigenvalue weighted by molar-refractivity contribution is -0.118. The van der Waals surface area contributed by atoms with E-state index in [4.69, 9.17) is 4.42 Å². The van der Waals surface area contributed by atoms with Crippen LogP contribution in [0.15, 0.2) is 52.3 Å². The molecule has 1 aromatic heterocycles. The largest absolute Gasteiger partial charge is 0.503 e. The number of furan rings is 1. The van der Waals surface area contributed by atoms with Gasteiger partial charge >= 0.3 is 0 Å². The normalized spacial score (nSPS) is 17.5. The molecule has 0 aliphatic carbocycles. The summed E-state index contributed by atoms with van der Waals surface area (Å²) in [5.74, 6) is -0.731. The van der Waals surface area contributed by atoms with Gasteiger partial charge in [0.2, 0.25) is 0 Å². The summed E-state index contributed by atoms with van der Waals surface area (Å²) in [6.45, 7) is 7.68. The number of aryl methyl sites for hydroxylation is 2. The van der Waals surface area contributed by atoms with E-state index in [1.165, 1.54) is 11.2 Å². The minimum atomic E-state index is -0.760. The van der Waals surface area contributed by atoms with Gasteiger partial charge in [-0.2, -0.15) is 0 Å². The third-order valence-corrected chi connectivity index (χ3v) is 4.54. The quantitative estimate of drug-likeness (QED) is 0.864. The Bertz CT molecular complexity index is 877. The van der Waals surface area contributed by atoms with Crippen molar-refractivity contribution in [2.75, 3.05) is 4.90 Å². The molecule has 1 atom stereocenters. The summed E-state index contributed by atoms with van der Waals surface area (Å²) < 4.78 is 5.53. The molecule has 0 fully saturated rings. The molecule has 0 saturated heterocycles. The van der Waals surface area contributed by atoms with Crippen LogP contribution in [0.5, 0.6) is 0 Å². The molecule has 0 bridgehead atoms. The zero-order valence-corrected chi connectivity index (χ0v) is 15.4. The van der Waals surface area contributed by atoms with E-state index in [-0.39, 0.29) is 23.7 Å². The lowest BCUT2D eigenvalue weighted by Gasteiger charge is -2.27. The molecule has 0 spiro atoms. The molecule has 5 nitrogen and oxygen atoms in total. The number of Topliss-reactive ketones (excluding diaryl/α,β-unsaturated/α-hetero) is 1. The van der Waals surface area contributed by atoms with E-state index < -0.39 is 17.7 Å². The van der Waals surface area contributed by atoms with Crippen LogP contribution >= 0.6 is 0 Å². The van der Waals surface area contributed by atoms with Gasteiger partial charge in [-0.05, 0) is 49.1 Å². The molecule has 26 heavy (non-hydrogen) atoms. The van der Waals surface area contributed by atoms with Crippen LogP contribution in [0.3, 0.4) is 0 Å². The molecular weight excluding hydrogens is 330 g/mol. The van der Waals surface area contributed by atoms with Crippen LogP contribution in [0.1, 0.15) is 43.2 Å². The van der Waals surface area contributed by atoms with Crippen LogP contribution in [0.25, 0.3) is 0 Å². The second-order valence-corrected chi connectivity index (χ2v) is 7.17. The van der Waals surface area contributed by atoms with Crippen molar-refractivity contribution in [3.8, 4) is 0 Å². The van der Waals surface area contributed by atoms with E-state index in [1.54, 1.807) is 12.1 Å². The molecule has 0 radical (unpaired) electrons. The third kappa shape index (κ3) is 3.05. The van der Waals surface area contributed by atoms with E-state index in [9.17, 15) is 14.7 Å². The van der Waals surface area contributed by atoms with E-state index in [0.717, 1.165) is 11.1 Å². The highest BCUT2D eigenvalue weighted by molar-refractivity contribution is 6.16. The number of rotatable bonds is 5. The lowest BCUT2D eigenvalue weighted by Crippen LogP contribution is -2.31. The number of aliphatic hydroxyl groups excluding tert-OH is 1. The van der Waals surface area contributed by atoms with Crippen LogP contribution in [-0.2, 0) is 9.59 Å². The fourth-order valence-electron chi connectivity index (χ4n) is 3.31. The Morgan fingerprint density at radius 1 is 1.27 bits per heavy atom. The Labute approximate surface area is 152 Å². The van der Waals surface area contributed by atoms with Gasteiger partial charge in [-0.1, -0.05) is 26.0 Å². The second kappa shape index (κ2) is 6.83. The number of aliphatic hydroxyl groups is 1. The molecule has 136 valence electrons. The standard InChI is InChI=1S/C21H23NO4/c1-12(2)10-16(23)18-19(17-6-5-9-26-17)22(21(25)20(18)24)15-11-13(3)7-8-14(15)4/h5-9,11-12,19,24H,10H2,1-4H3. The van der Waals surface area contributed by atoms with Crippen molar-refractivity contribution in [2.45, 2.75) is 40.2 Å². The molecule has 3 rings (SSSR count). The van der Waals surface area contributed by atoms with Crippen LogP contribution in [0.2, 0.25) is 0 Å². The fraction of sp³-hybridized carbons (Fsp3) is 0.333. The van der Waals surface area contributed by atoms with Gasteiger partial charge in [0, 0.05) is 12.1 Å². The summed E-state index contributed by atoms with van der Waals surface area (Å²) in [5, 5.41) is 10.5. The molecule has 1 aliphatic rings. The first-order valence-corrected chi connectivity index (χ1v) is 8.71. The van der Waals surface area contributed by atoms with Crippen LogP contribution in [-0.4, -0.2) is 16.8 Å². The molecule has 1 amide bonds. The van der Waals surface area contributed by atoms with Crippen molar-refractivity contribution in [1.82, 2.24) is 0 Å². The average Bonchev–Trinajstić information content (AvgIpc) is 3.17. The number of hydrogen-bond donors (Lipinski definition) is 1. The van der Waals surface area contributed by atoms with Gasteiger partial charge in [0.15, 0.2) is 11.5 Å². The highest BCUT2D eigenvalue weighted by Gasteiger charge is 2.46. The number of amides is 1. The van der Waals surface area contributed by atoms with Gasteiger partial charge in [-0.25, -0.2) is 0 Å². The summed E-state index contributed by atoms with van der Waals surface area (Å²) in [5.41, 5.74) is 2.64. The smallest absolute Gasteiger partial charge is 0.294 e. The molecule has 1 unspecified atom stereocenters. The molecule has 1 N–H and O–H groups in total. The zero-order valence-electron chi connectivity index (χ0n) is 15.4. The molecule has 5 heteroatoms. The first-order chi connectivity index (χ1) is 12.3. The Morgan fingerprint density at radius 3 is 2.62 bits per heavy atom. The summed E-state index contributed by atoms with van der Waals surface area (Å²) >= 11 is 0. The summed E-state index contributed by atoms with van der Waals surface area (Å²) in [6.07, 6.45) is 1.76. The maximum Gasteiger partial charge on any atom is 0.294 e. The van der Waals surface area contributed by atoms with Crippen LogP contribution in [0, 0.1) is 19.8 Å². The molecule has 0 saturated carbocycles. The van der Waals surface area contributed by atoms with E-state index >= 15 is 0 Å². The Kier molecular flexibility index (Phi) is 4.72. The highest BCUT2D eigenvalue weighted by Crippen LogP contribution is 2.42. The number of anilines is 1. The maximum atomic E-state index is 12.9. The summed E-state index contributed by atoms with van der Waals surface area (Å²) in [4.78, 5) is 27.2. The molecule has 1 aromatic carbocycles. The number of benzene rings is 1. The number of carbonyl (C=O) groups is 2. The van der Waals surface area contributed by atoms with Crippen LogP contribution < -0.4 is 4.90 Å². The van der Waals surface area contributed by atoms with Gasteiger partial charge in [-0.15, -0.1) is 0 Å². The van der Waals surface area contributed by atoms with Crippen molar-refractivity contribution in [3.05, 3.63) is 64.8 Å². The lowest BCUT2D eigenvalue weighted by atomic mass is 9.95. The van der Waals surface area contributed by atoms with E-state index in [1.807, 2.05) is 45.9 Å². The van der Waals surface area contributed by atoms with E-state index in [2.05, 4.69) is 0 Å². The third-order valence-electron chi connectivity index (χ3n) is 4.54. The minimum absolute atomic E-state index is 0.111. The van der Waals surface area contributed by atoms with Gasteiger partial charge < -0.3 is 9.52 Å². The predicted octanol–water partition coefficient (Wildman–Crippen LogP) is 4.41.